The molecule has 0 radical (unpaired) electrons. The van der Waals surface area contributed by atoms with Crippen molar-refractivity contribution in [2.24, 2.45) is 0 Å². The maximum absolute atomic E-state index is 7.88. The van der Waals surface area contributed by atoms with Gasteiger partial charge in [-0.15, -0.1) is 11.3 Å². The highest BCUT2D eigenvalue weighted by molar-refractivity contribution is 7.14. The van der Waals surface area contributed by atoms with Crippen LogP contribution in [0.25, 0.3) is 11.3 Å². The van der Waals surface area contributed by atoms with Gasteiger partial charge in [0.05, 0.1) is 5.69 Å². The van der Waals surface area contributed by atoms with Gasteiger partial charge in [-0.2, -0.15) is 0 Å². The lowest BCUT2D eigenvalue weighted by atomic mass is 9.63. The molecule has 5 heteroatoms. The zero-order valence-electron chi connectivity index (χ0n) is 20.3. The van der Waals surface area contributed by atoms with Gasteiger partial charge in [0, 0.05) is 36.7 Å². The van der Waals surface area contributed by atoms with E-state index in [1.165, 1.54) is 47.5 Å². The van der Waals surface area contributed by atoms with Crippen LogP contribution in [-0.4, -0.2) is 42.9 Å². The van der Waals surface area contributed by atoms with E-state index < -0.39 is 0 Å². The topological polar surface area (TPSA) is 48.4 Å². The Bertz CT molecular complexity index is 848. The van der Waals surface area contributed by atoms with Crippen molar-refractivity contribution in [3.8, 4) is 11.3 Å². The van der Waals surface area contributed by atoms with Crippen LogP contribution in [0.5, 0.6) is 0 Å². The standard InChI is InChI=1S/C23H33N3S.C3H8O/c1-22(2)10-11-23(3,4)19-14-16(6-7-18(19)22)20-15-27-21(25-20)26-12-8-17(24-5)9-13-26;1-2-3-4/h6-7,14-15,17,24H,8-13H2,1-5H3;4H,2-3H2,1H3. The summed E-state index contributed by atoms with van der Waals surface area (Å²) in [6.07, 6.45) is 5.79. The average Bonchev–Trinajstić information content (AvgIpc) is 3.27. The number of piperidine rings is 1. The minimum absolute atomic E-state index is 0.245. The highest BCUT2D eigenvalue weighted by Gasteiger charge is 2.37. The van der Waals surface area contributed by atoms with E-state index in [1.807, 2.05) is 6.92 Å². The molecule has 0 saturated carbocycles. The lowest BCUT2D eigenvalue weighted by molar-refractivity contribution is 0.295. The van der Waals surface area contributed by atoms with Crippen LogP contribution in [0.1, 0.15) is 77.8 Å². The van der Waals surface area contributed by atoms with Gasteiger partial charge >= 0.3 is 0 Å². The summed E-state index contributed by atoms with van der Waals surface area (Å²) < 4.78 is 0. The van der Waals surface area contributed by atoms with Crippen molar-refractivity contribution in [2.75, 3.05) is 31.6 Å². The van der Waals surface area contributed by atoms with Gasteiger partial charge < -0.3 is 15.3 Å². The number of nitrogens with zero attached hydrogens (tertiary/aromatic N) is 2. The second-order valence-corrected chi connectivity index (χ2v) is 11.2. The van der Waals surface area contributed by atoms with Crippen molar-refractivity contribution in [1.82, 2.24) is 10.3 Å². The summed E-state index contributed by atoms with van der Waals surface area (Å²) in [5, 5.41) is 14.7. The highest BCUT2D eigenvalue weighted by atomic mass is 32.1. The molecule has 31 heavy (non-hydrogen) atoms. The van der Waals surface area contributed by atoms with E-state index in [9.17, 15) is 0 Å². The number of aromatic nitrogens is 1. The first-order valence-corrected chi connectivity index (χ1v) is 12.7. The smallest absolute Gasteiger partial charge is 0.185 e. The third-order valence-corrected chi connectivity index (χ3v) is 7.94. The fourth-order valence-electron chi connectivity index (χ4n) is 4.65. The number of benzene rings is 1. The maximum Gasteiger partial charge on any atom is 0.185 e. The number of aliphatic hydroxyl groups is 1. The van der Waals surface area contributed by atoms with E-state index in [1.54, 1.807) is 11.3 Å². The van der Waals surface area contributed by atoms with Gasteiger partial charge in [0.25, 0.3) is 0 Å². The van der Waals surface area contributed by atoms with Crippen LogP contribution in [0.4, 0.5) is 5.13 Å². The van der Waals surface area contributed by atoms with Crippen LogP contribution >= 0.6 is 11.3 Å². The van der Waals surface area contributed by atoms with E-state index in [0.717, 1.165) is 25.2 Å². The van der Waals surface area contributed by atoms with Gasteiger partial charge in [0.15, 0.2) is 5.13 Å². The largest absolute Gasteiger partial charge is 0.396 e. The van der Waals surface area contributed by atoms with Crippen LogP contribution in [-0.2, 0) is 10.8 Å². The molecule has 1 fully saturated rings. The Kier molecular flexibility index (Phi) is 7.82. The lowest BCUT2D eigenvalue weighted by Gasteiger charge is -2.42. The summed E-state index contributed by atoms with van der Waals surface area (Å²) in [6.45, 7) is 14.0. The lowest BCUT2D eigenvalue weighted by Crippen LogP contribution is -2.41. The van der Waals surface area contributed by atoms with Crippen LogP contribution < -0.4 is 10.2 Å². The Balaban J connectivity index is 0.000000628. The van der Waals surface area contributed by atoms with Crippen molar-refractivity contribution < 1.29 is 5.11 Å². The highest BCUT2D eigenvalue weighted by Crippen LogP contribution is 2.46. The summed E-state index contributed by atoms with van der Waals surface area (Å²) in [6, 6.07) is 7.73. The minimum atomic E-state index is 0.245. The molecule has 0 bridgehead atoms. The number of hydrogen-bond acceptors (Lipinski definition) is 5. The minimum Gasteiger partial charge on any atom is -0.396 e. The van der Waals surface area contributed by atoms with E-state index in [2.05, 4.69) is 68.5 Å². The molecule has 0 amide bonds. The van der Waals surface area contributed by atoms with Crippen molar-refractivity contribution in [3.05, 3.63) is 34.7 Å². The summed E-state index contributed by atoms with van der Waals surface area (Å²) in [4.78, 5) is 7.46. The molecule has 2 N–H and O–H groups in total. The number of fused-ring (bicyclic) bond motifs is 1. The number of rotatable bonds is 4. The average molecular weight is 444 g/mol. The Morgan fingerprint density at radius 3 is 2.29 bits per heavy atom. The first-order valence-electron chi connectivity index (χ1n) is 11.9. The molecule has 172 valence electrons. The normalized spacial score (nSPS) is 20.0. The molecule has 0 spiro atoms. The zero-order chi connectivity index (χ0) is 22.6. The molecular formula is C26H41N3OS. The third kappa shape index (κ3) is 5.50. The third-order valence-electron chi connectivity index (χ3n) is 7.04. The molecule has 1 aromatic carbocycles. The van der Waals surface area contributed by atoms with Crippen molar-refractivity contribution in [1.29, 1.82) is 0 Å². The summed E-state index contributed by atoms with van der Waals surface area (Å²) in [5.41, 5.74) is 5.95. The fraction of sp³-hybridized carbons (Fsp3) is 0.654. The number of thiazole rings is 1. The second kappa shape index (κ2) is 10.0. The molecule has 2 aliphatic rings. The second-order valence-electron chi connectivity index (χ2n) is 10.3. The molecule has 1 saturated heterocycles. The molecule has 2 aromatic rings. The maximum atomic E-state index is 7.88. The van der Waals surface area contributed by atoms with Crippen LogP contribution in [0, 0.1) is 0 Å². The Morgan fingerprint density at radius 1 is 1.10 bits per heavy atom. The summed E-state index contributed by atoms with van der Waals surface area (Å²) >= 11 is 1.79. The van der Waals surface area contributed by atoms with Crippen molar-refractivity contribution in [3.63, 3.8) is 0 Å². The van der Waals surface area contributed by atoms with E-state index in [-0.39, 0.29) is 10.8 Å². The number of hydrogen-bond donors (Lipinski definition) is 2. The summed E-state index contributed by atoms with van der Waals surface area (Å²) in [5.74, 6) is 0. The van der Waals surface area contributed by atoms with Gasteiger partial charge in [-0.3, -0.25) is 0 Å². The molecular weight excluding hydrogens is 402 g/mol. The Morgan fingerprint density at radius 2 is 1.71 bits per heavy atom. The number of nitrogens with one attached hydrogen (secondary N) is 1. The van der Waals surface area contributed by atoms with E-state index in [4.69, 9.17) is 10.1 Å². The van der Waals surface area contributed by atoms with Crippen LogP contribution in [0.3, 0.4) is 0 Å². The monoisotopic (exact) mass is 443 g/mol. The SMILES string of the molecule is CCCO.CNC1CCN(c2nc(-c3ccc4c(c3)C(C)(C)CCC4(C)C)cs2)CC1. The predicted octanol–water partition coefficient (Wildman–Crippen LogP) is 5.74. The fourth-order valence-corrected chi connectivity index (χ4v) is 5.54. The Labute approximate surface area is 193 Å². The van der Waals surface area contributed by atoms with E-state index >= 15 is 0 Å². The molecule has 1 aliphatic carbocycles. The van der Waals surface area contributed by atoms with Gasteiger partial charge in [0.1, 0.15) is 0 Å². The quantitative estimate of drug-likeness (QED) is 0.633. The first-order chi connectivity index (χ1) is 14.7. The number of anilines is 1. The van der Waals surface area contributed by atoms with E-state index in [0.29, 0.717) is 12.6 Å². The Hall–Kier alpha value is -1.43. The predicted molar refractivity (Wildman–Crippen MR) is 135 cm³/mol. The van der Waals surface area contributed by atoms with Crippen LogP contribution in [0.15, 0.2) is 23.6 Å². The van der Waals surface area contributed by atoms with Gasteiger partial charge in [-0.05, 0) is 67.2 Å². The van der Waals surface area contributed by atoms with Crippen molar-refractivity contribution >= 4 is 16.5 Å². The molecule has 1 aliphatic heterocycles. The molecule has 1 aromatic heterocycles. The first kappa shape index (κ1) is 24.2. The molecule has 4 rings (SSSR count). The van der Waals surface area contributed by atoms with Crippen molar-refractivity contribution in [2.45, 2.75) is 83.6 Å². The van der Waals surface area contributed by atoms with Crippen LogP contribution in [0.2, 0.25) is 0 Å². The molecule has 0 unspecified atom stereocenters. The van der Waals surface area contributed by atoms with Gasteiger partial charge in [0.2, 0.25) is 0 Å². The molecule has 0 atom stereocenters. The zero-order valence-corrected chi connectivity index (χ0v) is 21.1. The van der Waals surface area contributed by atoms with Gasteiger partial charge in [-0.25, -0.2) is 4.98 Å². The summed E-state index contributed by atoms with van der Waals surface area (Å²) in [7, 11) is 2.07. The molecule has 4 nitrogen and oxygen atoms in total. The number of aliphatic hydroxyl groups excluding tert-OH is 1. The van der Waals surface area contributed by atoms with Gasteiger partial charge in [-0.1, -0.05) is 46.8 Å². The molecule has 2 heterocycles.